The molecule has 0 bridgehead atoms. The van der Waals surface area contributed by atoms with Gasteiger partial charge in [-0.1, -0.05) is 20.8 Å². The molecule has 0 saturated carbocycles. The normalized spacial score (nSPS) is 16.1. The summed E-state index contributed by atoms with van der Waals surface area (Å²) >= 11 is 0. The Labute approximate surface area is 122 Å². The average molecular weight is 305 g/mol. The smallest absolute Gasteiger partial charge is 0.370 e. The molecular weight excluding hydrogens is 283 g/mol. The van der Waals surface area contributed by atoms with Gasteiger partial charge in [0.1, 0.15) is 12.4 Å². The van der Waals surface area contributed by atoms with E-state index in [9.17, 15) is 13.2 Å². The Morgan fingerprint density at radius 1 is 1.29 bits per heavy atom. The number of ether oxygens (including phenoxy) is 1. The minimum Gasteiger partial charge on any atom is -0.370 e. The van der Waals surface area contributed by atoms with E-state index in [1.165, 1.54) is 0 Å². The van der Waals surface area contributed by atoms with Crippen molar-refractivity contribution in [2.45, 2.75) is 51.9 Å². The van der Waals surface area contributed by atoms with Gasteiger partial charge in [-0.15, -0.1) is 0 Å². The van der Waals surface area contributed by atoms with Gasteiger partial charge in [0.15, 0.2) is 0 Å². The summed E-state index contributed by atoms with van der Waals surface area (Å²) < 4.78 is 43.1. The van der Waals surface area contributed by atoms with E-state index in [1.807, 2.05) is 4.57 Å². The van der Waals surface area contributed by atoms with Crippen molar-refractivity contribution in [2.24, 2.45) is 0 Å². The number of fused-ring (bicyclic) bond motifs is 1. The van der Waals surface area contributed by atoms with Gasteiger partial charge in [-0.05, 0) is 0 Å². The van der Waals surface area contributed by atoms with E-state index < -0.39 is 12.8 Å². The monoisotopic (exact) mass is 305 g/mol. The fourth-order valence-corrected chi connectivity index (χ4v) is 2.53. The number of halogens is 3. The Morgan fingerprint density at radius 2 is 2.00 bits per heavy atom. The van der Waals surface area contributed by atoms with Crippen molar-refractivity contribution < 1.29 is 17.9 Å². The highest BCUT2D eigenvalue weighted by atomic mass is 19.4. The molecule has 7 heteroatoms. The van der Waals surface area contributed by atoms with Crippen LogP contribution in [-0.4, -0.2) is 35.5 Å². The zero-order valence-corrected chi connectivity index (χ0v) is 12.7. The fraction of sp³-hybridized carbons (Fsp3) is 0.786. The maximum atomic E-state index is 12.1. The molecular formula is C14H22F3N3O. The van der Waals surface area contributed by atoms with Crippen molar-refractivity contribution in [3.63, 3.8) is 0 Å². The molecule has 1 N–H and O–H groups in total. The molecule has 2 heterocycles. The van der Waals surface area contributed by atoms with Crippen LogP contribution in [0.2, 0.25) is 0 Å². The zero-order valence-electron chi connectivity index (χ0n) is 12.7. The lowest BCUT2D eigenvalue weighted by Gasteiger charge is -2.22. The molecule has 1 aliphatic heterocycles. The van der Waals surface area contributed by atoms with E-state index in [1.54, 1.807) is 0 Å². The Morgan fingerprint density at radius 3 is 2.62 bits per heavy atom. The van der Waals surface area contributed by atoms with Crippen LogP contribution in [0.1, 0.15) is 38.0 Å². The maximum absolute atomic E-state index is 12.1. The third-order valence-electron chi connectivity index (χ3n) is 3.38. The number of nitrogens with zero attached hydrogens (tertiary/aromatic N) is 2. The van der Waals surface area contributed by atoms with Crippen LogP contribution in [0.15, 0.2) is 0 Å². The SMILES string of the molecule is CC(C)(C)c1nc2c(n1CCOCC(F)(F)F)CCNC2. The lowest BCUT2D eigenvalue weighted by molar-refractivity contribution is -0.174. The standard InChI is InChI=1S/C14H22F3N3O/c1-13(2,3)12-19-10-8-18-5-4-11(10)20(12)6-7-21-9-14(15,16)17/h18H,4-9H2,1-3H3. The van der Waals surface area contributed by atoms with Gasteiger partial charge in [-0.3, -0.25) is 0 Å². The summed E-state index contributed by atoms with van der Waals surface area (Å²) in [5, 5.41) is 3.26. The number of hydrogen-bond acceptors (Lipinski definition) is 3. The average Bonchev–Trinajstić information content (AvgIpc) is 2.72. The van der Waals surface area contributed by atoms with E-state index >= 15 is 0 Å². The van der Waals surface area contributed by atoms with E-state index in [-0.39, 0.29) is 12.0 Å². The minimum atomic E-state index is -4.27. The van der Waals surface area contributed by atoms with Gasteiger partial charge in [-0.2, -0.15) is 13.2 Å². The summed E-state index contributed by atoms with van der Waals surface area (Å²) in [6, 6.07) is 0. The molecule has 4 nitrogen and oxygen atoms in total. The molecule has 1 aliphatic rings. The van der Waals surface area contributed by atoms with E-state index in [4.69, 9.17) is 4.74 Å². The Bertz CT molecular complexity index is 489. The lowest BCUT2D eigenvalue weighted by atomic mass is 9.95. The highest BCUT2D eigenvalue weighted by molar-refractivity contribution is 5.23. The molecule has 120 valence electrons. The van der Waals surface area contributed by atoms with Crippen LogP contribution in [-0.2, 0) is 29.7 Å². The summed E-state index contributed by atoms with van der Waals surface area (Å²) in [4.78, 5) is 4.67. The molecule has 2 rings (SSSR count). The second-order valence-corrected chi connectivity index (χ2v) is 6.32. The summed E-state index contributed by atoms with van der Waals surface area (Å²) in [7, 11) is 0. The fourth-order valence-electron chi connectivity index (χ4n) is 2.53. The molecule has 0 unspecified atom stereocenters. The van der Waals surface area contributed by atoms with Crippen molar-refractivity contribution in [2.75, 3.05) is 19.8 Å². The summed E-state index contributed by atoms with van der Waals surface area (Å²) in [5.74, 6) is 0.909. The topological polar surface area (TPSA) is 39.1 Å². The molecule has 0 atom stereocenters. The Kier molecular flexibility index (Phi) is 4.63. The second-order valence-electron chi connectivity index (χ2n) is 6.32. The number of nitrogens with one attached hydrogen (secondary N) is 1. The predicted molar refractivity (Wildman–Crippen MR) is 73.2 cm³/mol. The first-order chi connectivity index (χ1) is 9.68. The minimum absolute atomic E-state index is 0.0405. The van der Waals surface area contributed by atoms with Crippen LogP contribution in [0.5, 0.6) is 0 Å². The summed E-state index contributed by atoms with van der Waals surface area (Å²) in [6.07, 6.45) is -3.43. The van der Waals surface area contributed by atoms with Crippen LogP contribution in [0.4, 0.5) is 13.2 Å². The molecule has 0 amide bonds. The maximum Gasteiger partial charge on any atom is 0.411 e. The highest BCUT2D eigenvalue weighted by Crippen LogP contribution is 2.26. The molecule has 0 fully saturated rings. The Balaban J connectivity index is 2.11. The van der Waals surface area contributed by atoms with Gasteiger partial charge in [-0.25, -0.2) is 4.98 Å². The molecule has 0 aromatic carbocycles. The van der Waals surface area contributed by atoms with E-state index in [0.29, 0.717) is 6.54 Å². The first-order valence-electron chi connectivity index (χ1n) is 7.12. The Hall–Kier alpha value is -1.08. The lowest BCUT2D eigenvalue weighted by Crippen LogP contribution is -2.27. The molecule has 0 radical (unpaired) electrons. The summed E-state index contributed by atoms with van der Waals surface area (Å²) in [6.45, 7) is 7.00. The number of rotatable bonds is 4. The van der Waals surface area contributed by atoms with Crippen LogP contribution in [0, 0.1) is 0 Å². The number of hydrogen-bond donors (Lipinski definition) is 1. The molecule has 0 saturated heterocycles. The van der Waals surface area contributed by atoms with Gasteiger partial charge in [0.05, 0.1) is 12.3 Å². The van der Waals surface area contributed by atoms with Crippen molar-refractivity contribution in [3.05, 3.63) is 17.2 Å². The third kappa shape index (κ3) is 4.20. The van der Waals surface area contributed by atoms with Gasteiger partial charge in [0.2, 0.25) is 0 Å². The van der Waals surface area contributed by atoms with Crippen LogP contribution in [0.25, 0.3) is 0 Å². The molecule has 1 aromatic heterocycles. The third-order valence-corrected chi connectivity index (χ3v) is 3.38. The largest absolute Gasteiger partial charge is 0.411 e. The highest BCUT2D eigenvalue weighted by Gasteiger charge is 2.29. The summed E-state index contributed by atoms with van der Waals surface area (Å²) in [5.41, 5.74) is 1.97. The predicted octanol–water partition coefficient (Wildman–Crippen LogP) is 2.41. The van der Waals surface area contributed by atoms with Crippen LogP contribution >= 0.6 is 0 Å². The van der Waals surface area contributed by atoms with E-state index in [0.717, 1.165) is 36.7 Å². The van der Waals surface area contributed by atoms with Crippen molar-refractivity contribution >= 4 is 0 Å². The molecule has 0 aliphatic carbocycles. The number of aromatic nitrogens is 2. The zero-order chi connectivity index (χ0) is 15.7. The van der Waals surface area contributed by atoms with Gasteiger partial charge in [0.25, 0.3) is 0 Å². The first-order valence-corrected chi connectivity index (χ1v) is 7.12. The molecule has 21 heavy (non-hydrogen) atoms. The number of alkyl halides is 3. The van der Waals surface area contributed by atoms with Gasteiger partial charge in [0, 0.05) is 37.2 Å². The van der Waals surface area contributed by atoms with Gasteiger partial charge >= 0.3 is 6.18 Å². The first kappa shape index (κ1) is 16.3. The second kappa shape index (κ2) is 5.96. The van der Waals surface area contributed by atoms with E-state index in [2.05, 4.69) is 31.1 Å². The quantitative estimate of drug-likeness (QED) is 0.868. The van der Waals surface area contributed by atoms with Crippen LogP contribution < -0.4 is 5.32 Å². The van der Waals surface area contributed by atoms with Crippen molar-refractivity contribution in [1.29, 1.82) is 0 Å². The van der Waals surface area contributed by atoms with Crippen molar-refractivity contribution in [1.82, 2.24) is 14.9 Å². The van der Waals surface area contributed by atoms with Crippen LogP contribution in [0.3, 0.4) is 0 Å². The molecule has 1 aromatic rings. The number of imidazole rings is 1. The molecule has 0 spiro atoms. The van der Waals surface area contributed by atoms with Gasteiger partial charge < -0.3 is 14.6 Å². The van der Waals surface area contributed by atoms with Crippen molar-refractivity contribution in [3.8, 4) is 0 Å².